The number of hydrogen-bond donors (Lipinski definition) is 1. The summed E-state index contributed by atoms with van der Waals surface area (Å²) in [7, 11) is 0. The molecule has 1 amide bonds. The number of carbonyl (C=O) groups is 1. The van der Waals surface area contributed by atoms with Gasteiger partial charge in [0.25, 0.3) is 0 Å². The van der Waals surface area contributed by atoms with E-state index in [9.17, 15) is 10.1 Å². The van der Waals surface area contributed by atoms with E-state index in [1.165, 1.54) is 17.3 Å². The van der Waals surface area contributed by atoms with Crippen LogP contribution in [0.1, 0.15) is 48.1 Å². The fraction of sp³-hybridized carbons (Fsp3) is 0.219. The third kappa shape index (κ3) is 6.07. The van der Waals surface area contributed by atoms with Gasteiger partial charge >= 0.3 is 0 Å². The molecule has 5 nitrogen and oxygen atoms in total. The van der Waals surface area contributed by atoms with Crippen LogP contribution in [0.25, 0.3) is 0 Å². The number of pyridine rings is 1. The monoisotopic (exact) mass is 519 g/mol. The lowest BCUT2D eigenvalue weighted by Gasteiger charge is -2.25. The summed E-state index contributed by atoms with van der Waals surface area (Å²) in [6.45, 7) is 1.98. The molecule has 2 unspecified atom stereocenters. The van der Waals surface area contributed by atoms with E-state index in [0.29, 0.717) is 34.4 Å². The summed E-state index contributed by atoms with van der Waals surface area (Å²) in [4.78, 5) is 18.0. The highest BCUT2D eigenvalue weighted by molar-refractivity contribution is 8.00. The third-order valence-corrected chi connectivity index (χ3v) is 8.13. The van der Waals surface area contributed by atoms with Gasteiger partial charge in [0.15, 0.2) is 0 Å². The number of aryl methyl sites for hydroxylation is 1. The van der Waals surface area contributed by atoms with Crippen molar-refractivity contribution in [3.8, 4) is 17.6 Å². The van der Waals surface area contributed by atoms with E-state index in [-0.39, 0.29) is 11.2 Å². The maximum atomic E-state index is 13.1. The summed E-state index contributed by atoms with van der Waals surface area (Å²) in [6, 6.07) is 31.7. The Morgan fingerprint density at radius 2 is 1.74 bits per heavy atom. The van der Waals surface area contributed by atoms with Gasteiger partial charge in [0.1, 0.15) is 22.6 Å². The second-order valence-corrected chi connectivity index (χ2v) is 10.5. The van der Waals surface area contributed by atoms with Crippen LogP contribution < -0.4 is 10.1 Å². The lowest BCUT2D eigenvalue weighted by molar-refractivity contribution is -0.115. The van der Waals surface area contributed by atoms with Crippen molar-refractivity contribution in [2.24, 2.45) is 0 Å². The molecule has 0 saturated heterocycles. The number of nitrogens with zero attached hydrogens (tertiary/aromatic N) is 2. The normalized spacial score (nSPS) is 15.1. The van der Waals surface area contributed by atoms with Crippen molar-refractivity contribution in [2.45, 2.75) is 48.8 Å². The molecule has 1 aromatic heterocycles. The van der Waals surface area contributed by atoms with Crippen LogP contribution >= 0.6 is 11.8 Å². The van der Waals surface area contributed by atoms with Gasteiger partial charge in [-0.05, 0) is 85.2 Å². The number of thioether (sulfide) groups is 1. The molecule has 38 heavy (non-hydrogen) atoms. The van der Waals surface area contributed by atoms with Gasteiger partial charge in [-0.25, -0.2) is 4.98 Å². The zero-order chi connectivity index (χ0) is 26.3. The van der Waals surface area contributed by atoms with Crippen LogP contribution in [0.3, 0.4) is 0 Å². The van der Waals surface area contributed by atoms with Crippen LogP contribution in [-0.2, 0) is 17.6 Å². The highest BCUT2D eigenvalue weighted by Crippen LogP contribution is 2.36. The van der Waals surface area contributed by atoms with E-state index in [1.54, 1.807) is 0 Å². The number of rotatable bonds is 8. The van der Waals surface area contributed by atoms with Gasteiger partial charge in [-0.15, -0.1) is 0 Å². The first-order valence-corrected chi connectivity index (χ1v) is 13.8. The van der Waals surface area contributed by atoms with E-state index in [2.05, 4.69) is 35.7 Å². The molecule has 2 atom stereocenters. The molecule has 4 aromatic rings. The first-order valence-electron chi connectivity index (χ1n) is 12.9. The number of nitriles is 1. The number of nitrogens with one attached hydrogen (secondary N) is 1. The molecule has 0 aliphatic heterocycles. The van der Waals surface area contributed by atoms with Crippen LogP contribution in [0.2, 0.25) is 0 Å². The van der Waals surface area contributed by atoms with Gasteiger partial charge in [-0.3, -0.25) is 4.79 Å². The van der Waals surface area contributed by atoms with Crippen LogP contribution in [0.5, 0.6) is 11.5 Å². The van der Waals surface area contributed by atoms with E-state index < -0.39 is 0 Å². The number of ether oxygens (including phenoxy) is 1. The van der Waals surface area contributed by atoms with Gasteiger partial charge in [-0.2, -0.15) is 5.26 Å². The minimum atomic E-state index is -0.367. The number of anilines is 1. The second kappa shape index (κ2) is 12.0. The summed E-state index contributed by atoms with van der Waals surface area (Å²) in [6.07, 6.45) is 3.40. The van der Waals surface area contributed by atoms with Crippen LogP contribution in [-0.4, -0.2) is 16.1 Å². The molecule has 0 fully saturated rings. The lowest BCUT2D eigenvalue weighted by atomic mass is 9.82. The van der Waals surface area contributed by atoms with E-state index in [1.807, 2.05) is 73.7 Å². The minimum Gasteiger partial charge on any atom is -0.457 e. The average Bonchev–Trinajstić information content (AvgIpc) is 2.97. The third-order valence-electron chi connectivity index (χ3n) is 6.76. The standard InChI is InChI=1S/C32H29N3O2S/c1-2-30(31(36)34-26-14-16-28(17-15-26)37-27-11-7-4-8-12-27)38-32-25(21-33)20-24-19-23(13-18-29(24)35-32)22-9-5-3-6-10-22/h3-12,14-17,20,23,30H,2,13,18-19H2,1H3,(H,34,36). The molecule has 1 aliphatic carbocycles. The Labute approximate surface area is 227 Å². The molecule has 0 radical (unpaired) electrons. The van der Waals surface area contributed by atoms with Gasteiger partial charge in [0, 0.05) is 11.4 Å². The maximum Gasteiger partial charge on any atom is 0.237 e. The van der Waals surface area contributed by atoms with Crippen LogP contribution in [0.4, 0.5) is 5.69 Å². The summed E-state index contributed by atoms with van der Waals surface area (Å²) >= 11 is 1.37. The highest BCUT2D eigenvalue weighted by atomic mass is 32.2. The Kier molecular flexibility index (Phi) is 8.06. The first-order chi connectivity index (χ1) is 18.6. The molecule has 1 N–H and O–H groups in total. The smallest absolute Gasteiger partial charge is 0.237 e. The van der Waals surface area contributed by atoms with Crippen molar-refractivity contribution in [3.63, 3.8) is 0 Å². The molecule has 0 bridgehead atoms. The Morgan fingerprint density at radius 3 is 2.42 bits per heavy atom. The molecule has 3 aromatic carbocycles. The molecule has 0 saturated carbocycles. The number of amides is 1. The quantitative estimate of drug-likeness (QED) is 0.244. The molecular weight excluding hydrogens is 490 g/mol. The fourth-order valence-corrected chi connectivity index (χ4v) is 5.73. The number of benzene rings is 3. The number of fused-ring (bicyclic) bond motifs is 1. The highest BCUT2D eigenvalue weighted by Gasteiger charge is 2.26. The van der Waals surface area contributed by atoms with Crippen molar-refractivity contribution >= 4 is 23.4 Å². The number of hydrogen-bond acceptors (Lipinski definition) is 5. The number of carbonyl (C=O) groups excluding carboxylic acids is 1. The molecule has 0 spiro atoms. The fourth-order valence-electron chi connectivity index (χ4n) is 4.74. The Balaban J connectivity index is 1.25. The van der Waals surface area contributed by atoms with E-state index >= 15 is 0 Å². The van der Waals surface area contributed by atoms with Gasteiger partial charge in [-0.1, -0.05) is 67.2 Å². The van der Waals surface area contributed by atoms with Crippen molar-refractivity contribution in [1.29, 1.82) is 5.26 Å². The van der Waals surface area contributed by atoms with Gasteiger partial charge in [0.05, 0.1) is 10.8 Å². The molecule has 6 heteroatoms. The van der Waals surface area contributed by atoms with Crippen molar-refractivity contribution in [2.75, 3.05) is 5.32 Å². The molecule has 1 aliphatic rings. The Bertz CT molecular complexity index is 1430. The Hall–Kier alpha value is -4.08. The zero-order valence-corrected chi connectivity index (χ0v) is 22.1. The predicted octanol–water partition coefficient (Wildman–Crippen LogP) is 7.53. The Morgan fingerprint density at radius 1 is 1.05 bits per heavy atom. The van der Waals surface area contributed by atoms with E-state index in [4.69, 9.17) is 9.72 Å². The topological polar surface area (TPSA) is 75.0 Å². The SMILES string of the molecule is CCC(Sc1nc2c(cc1C#N)CC(c1ccccc1)CC2)C(=O)Nc1ccc(Oc2ccccc2)cc1. The van der Waals surface area contributed by atoms with Gasteiger partial charge < -0.3 is 10.1 Å². The van der Waals surface area contributed by atoms with Crippen molar-refractivity contribution in [1.82, 2.24) is 4.98 Å². The lowest BCUT2D eigenvalue weighted by Crippen LogP contribution is -2.25. The largest absolute Gasteiger partial charge is 0.457 e. The molecule has 190 valence electrons. The number of para-hydroxylation sites is 1. The summed E-state index contributed by atoms with van der Waals surface area (Å²) in [5.41, 5.74) is 4.75. The van der Waals surface area contributed by atoms with E-state index in [0.717, 1.165) is 36.3 Å². The van der Waals surface area contributed by atoms with Crippen molar-refractivity contribution in [3.05, 3.63) is 113 Å². The second-order valence-electron chi connectivity index (χ2n) is 9.35. The maximum absolute atomic E-state index is 13.1. The van der Waals surface area contributed by atoms with Crippen molar-refractivity contribution < 1.29 is 9.53 Å². The molecular formula is C32H29N3O2S. The summed E-state index contributed by atoms with van der Waals surface area (Å²) in [5.74, 6) is 1.78. The predicted molar refractivity (Wildman–Crippen MR) is 152 cm³/mol. The average molecular weight is 520 g/mol. The zero-order valence-electron chi connectivity index (χ0n) is 21.3. The molecule has 5 rings (SSSR count). The summed E-state index contributed by atoms with van der Waals surface area (Å²) < 4.78 is 5.83. The first kappa shape index (κ1) is 25.6. The van der Waals surface area contributed by atoms with Gasteiger partial charge in [0.2, 0.25) is 5.91 Å². The number of aromatic nitrogens is 1. The summed E-state index contributed by atoms with van der Waals surface area (Å²) in [5, 5.41) is 13.2. The molecule has 1 heterocycles. The minimum absolute atomic E-state index is 0.109. The van der Waals surface area contributed by atoms with Crippen LogP contribution in [0.15, 0.2) is 96.0 Å². The van der Waals surface area contributed by atoms with Crippen LogP contribution in [0, 0.1) is 11.3 Å².